The van der Waals surface area contributed by atoms with Crippen LogP contribution in [0.2, 0.25) is 0 Å². The van der Waals surface area contributed by atoms with Crippen molar-refractivity contribution in [3.8, 4) is 44.9 Å². The topological polar surface area (TPSA) is 12.5 Å². The molecular weight excluding hydrogens is 819 g/mol. The van der Waals surface area contributed by atoms with Crippen LogP contribution in [0.15, 0.2) is 237 Å². The Labute approximate surface area is 386 Å². The Morgan fingerprint density at radius 3 is 1.56 bits per heavy atom. The Morgan fingerprint density at radius 1 is 0.348 bits per heavy atom. The van der Waals surface area contributed by atoms with E-state index < -0.39 is 5.41 Å². The Bertz CT molecular complexity index is 3820. The normalized spacial score (nSPS) is 13.1. The Kier molecular flexibility index (Phi) is 8.10. The highest BCUT2D eigenvalue weighted by Gasteiger charge is 2.51. The van der Waals surface area contributed by atoms with Gasteiger partial charge in [0.2, 0.25) is 0 Å². The number of hydrogen-bond acceptors (Lipinski definition) is 3. The van der Waals surface area contributed by atoms with Gasteiger partial charge in [-0.2, -0.15) is 0 Å². The third-order valence-electron chi connectivity index (χ3n) is 14.1. The second-order valence-corrected chi connectivity index (χ2v) is 18.6. The minimum Gasteiger partial charge on any atom is -0.455 e. The predicted molar refractivity (Wildman–Crippen MR) is 277 cm³/mol. The maximum Gasteiger partial charge on any atom is 0.140 e. The number of fused-ring (bicyclic) bond motifs is 16. The fraction of sp³-hybridized carbons (Fsp3) is 0.0159. The summed E-state index contributed by atoms with van der Waals surface area (Å²) in [5.41, 5.74) is 15.0. The molecule has 2 aliphatic rings. The van der Waals surface area contributed by atoms with Gasteiger partial charge >= 0.3 is 0 Å². The molecule has 1 spiro atoms. The largest absolute Gasteiger partial charge is 0.455 e. The molecule has 66 heavy (non-hydrogen) atoms. The van der Waals surface area contributed by atoms with Crippen LogP contribution in [-0.4, -0.2) is 0 Å². The first kappa shape index (κ1) is 37.2. The lowest BCUT2D eigenvalue weighted by Crippen LogP contribution is -2.32. The number of nitrogens with zero attached hydrogens (tertiary/aromatic N) is 1. The lowest BCUT2D eigenvalue weighted by atomic mass is 9.65. The van der Waals surface area contributed by atoms with Gasteiger partial charge in [-0.05, 0) is 97.7 Å². The van der Waals surface area contributed by atoms with Gasteiger partial charge in [-0.15, -0.1) is 11.3 Å². The molecule has 3 heteroatoms. The fourth-order valence-electron chi connectivity index (χ4n) is 11.2. The molecule has 0 atom stereocenters. The summed E-state index contributed by atoms with van der Waals surface area (Å²) in [6, 6.07) is 86.8. The van der Waals surface area contributed by atoms with Crippen LogP contribution in [0, 0.1) is 0 Å². The summed E-state index contributed by atoms with van der Waals surface area (Å²) in [6.07, 6.45) is 0. The van der Waals surface area contributed by atoms with Gasteiger partial charge in [-0.3, -0.25) is 0 Å². The van der Waals surface area contributed by atoms with Crippen LogP contribution in [0.4, 0.5) is 17.1 Å². The summed E-state index contributed by atoms with van der Waals surface area (Å²) < 4.78 is 9.74. The Balaban J connectivity index is 0.926. The highest BCUT2D eigenvalue weighted by Crippen LogP contribution is 2.64. The molecule has 2 heterocycles. The van der Waals surface area contributed by atoms with E-state index in [0.29, 0.717) is 0 Å². The molecule has 2 nitrogen and oxygen atoms in total. The van der Waals surface area contributed by atoms with E-state index in [9.17, 15) is 0 Å². The van der Waals surface area contributed by atoms with Crippen molar-refractivity contribution in [2.45, 2.75) is 5.41 Å². The average molecular weight is 858 g/mol. The summed E-state index contributed by atoms with van der Waals surface area (Å²) in [6.45, 7) is 0. The van der Waals surface area contributed by atoms with E-state index in [2.05, 4.69) is 241 Å². The zero-order valence-corrected chi connectivity index (χ0v) is 36.6. The number of benzene rings is 11. The molecule has 0 unspecified atom stereocenters. The summed E-state index contributed by atoms with van der Waals surface area (Å²) in [7, 11) is 0. The van der Waals surface area contributed by atoms with Crippen molar-refractivity contribution in [1.82, 2.24) is 0 Å². The number of thiophene rings is 1. The molecule has 0 saturated carbocycles. The predicted octanol–water partition coefficient (Wildman–Crippen LogP) is 17.6. The molecule has 11 aromatic carbocycles. The van der Waals surface area contributed by atoms with Crippen molar-refractivity contribution >= 4 is 70.1 Å². The third-order valence-corrected chi connectivity index (χ3v) is 15.3. The number of hydrogen-bond donors (Lipinski definition) is 0. The SMILES string of the molecule is c1ccc(-c2ccc(N(c3ccc(-c4ccc5c(c4)-c4ccccc4C54c5ccc6ccccc6c5Oc5c4ccc4ccccc54)cc3)c3cccc4c3sc3ccccc34)cc2)cc1. The van der Waals surface area contributed by atoms with Gasteiger partial charge in [0, 0.05) is 48.7 Å². The summed E-state index contributed by atoms with van der Waals surface area (Å²) in [5.74, 6) is 1.87. The van der Waals surface area contributed by atoms with Crippen LogP contribution in [-0.2, 0) is 5.41 Å². The maximum absolute atomic E-state index is 7.17. The Morgan fingerprint density at radius 2 is 0.864 bits per heavy atom. The first-order chi connectivity index (χ1) is 32.7. The van der Waals surface area contributed by atoms with Crippen LogP contribution in [0.3, 0.4) is 0 Å². The highest BCUT2D eigenvalue weighted by molar-refractivity contribution is 7.26. The zero-order valence-electron chi connectivity index (χ0n) is 35.8. The van der Waals surface area contributed by atoms with Crippen molar-refractivity contribution in [3.05, 3.63) is 259 Å². The lowest BCUT2D eigenvalue weighted by molar-refractivity contribution is 0.447. The summed E-state index contributed by atoms with van der Waals surface area (Å²) >= 11 is 1.86. The van der Waals surface area contributed by atoms with Gasteiger partial charge in [0.1, 0.15) is 11.5 Å². The van der Waals surface area contributed by atoms with E-state index in [0.717, 1.165) is 33.6 Å². The molecule has 1 aliphatic carbocycles. The fourth-order valence-corrected chi connectivity index (χ4v) is 12.4. The standard InChI is InChI=1S/C63H39NOS/c1-2-13-40(14-3-1)41-25-32-46(33-26-41)64(58-23-12-21-52-51-20-9-11-24-59(51)66-62(52)58)47-34-27-42(28-35-47)45-31-36-55-53(39-45)50-19-8-10-22-54(50)63(55)56-37-29-43-15-4-6-17-48(43)60(56)65-61-49-18-7-5-16-44(49)30-38-57(61)63/h1-39H. The zero-order chi connectivity index (χ0) is 43.3. The van der Waals surface area contributed by atoms with E-state index in [-0.39, 0.29) is 0 Å². The second kappa shape index (κ2) is 14.4. The monoisotopic (exact) mass is 857 g/mol. The second-order valence-electron chi connectivity index (χ2n) is 17.5. The van der Waals surface area contributed by atoms with Crippen LogP contribution >= 0.6 is 11.3 Å². The molecule has 308 valence electrons. The minimum atomic E-state index is -0.574. The van der Waals surface area contributed by atoms with Gasteiger partial charge in [0.25, 0.3) is 0 Å². The van der Waals surface area contributed by atoms with Crippen molar-refractivity contribution in [3.63, 3.8) is 0 Å². The van der Waals surface area contributed by atoms with E-state index >= 15 is 0 Å². The van der Waals surface area contributed by atoms with Gasteiger partial charge < -0.3 is 9.64 Å². The molecule has 0 fully saturated rings. The first-order valence-electron chi connectivity index (χ1n) is 22.7. The smallest absolute Gasteiger partial charge is 0.140 e. The van der Waals surface area contributed by atoms with Crippen molar-refractivity contribution < 1.29 is 4.74 Å². The van der Waals surface area contributed by atoms with E-state index in [1.165, 1.54) is 92.3 Å². The quantitative estimate of drug-likeness (QED) is 0.171. The maximum atomic E-state index is 7.17. The molecule has 0 amide bonds. The summed E-state index contributed by atoms with van der Waals surface area (Å²) in [4.78, 5) is 2.42. The molecule has 0 saturated heterocycles. The third kappa shape index (κ3) is 5.35. The summed E-state index contributed by atoms with van der Waals surface area (Å²) in [5, 5.41) is 7.17. The molecule has 0 N–H and O–H groups in total. The minimum absolute atomic E-state index is 0.574. The van der Waals surface area contributed by atoms with Crippen molar-refractivity contribution in [2.75, 3.05) is 4.90 Å². The van der Waals surface area contributed by atoms with Gasteiger partial charge in [0.15, 0.2) is 0 Å². The highest BCUT2D eigenvalue weighted by atomic mass is 32.1. The van der Waals surface area contributed by atoms with E-state index in [1.54, 1.807) is 0 Å². The molecule has 12 aromatic rings. The molecule has 0 bridgehead atoms. The van der Waals surface area contributed by atoms with Gasteiger partial charge in [-0.1, -0.05) is 194 Å². The average Bonchev–Trinajstić information content (AvgIpc) is 3.91. The molecular formula is C63H39NOS. The van der Waals surface area contributed by atoms with E-state index in [4.69, 9.17) is 4.74 Å². The molecule has 1 aliphatic heterocycles. The first-order valence-corrected chi connectivity index (χ1v) is 23.5. The van der Waals surface area contributed by atoms with Crippen LogP contribution in [0.1, 0.15) is 22.3 Å². The number of anilines is 3. The molecule has 1 aromatic heterocycles. The van der Waals surface area contributed by atoms with Gasteiger partial charge in [-0.25, -0.2) is 0 Å². The van der Waals surface area contributed by atoms with E-state index in [1.807, 2.05) is 11.3 Å². The number of rotatable bonds is 5. The molecule has 14 rings (SSSR count). The van der Waals surface area contributed by atoms with Gasteiger partial charge in [0.05, 0.1) is 15.8 Å². The van der Waals surface area contributed by atoms with Crippen LogP contribution in [0.25, 0.3) is 75.1 Å². The molecule has 0 radical (unpaired) electrons. The van der Waals surface area contributed by atoms with Crippen LogP contribution in [0.5, 0.6) is 11.5 Å². The van der Waals surface area contributed by atoms with Crippen molar-refractivity contribution in [2.24, 2.45) is 0 Å². The number of ether oxygens (including phenoxy) is 1. The van der Waals surface area contributed by atoms with Crippen LogP contribution < -0.4 is 9.64 Å². The Hall–Kier alpha value is -8.24. The lowest BCUT2D eigenvalue weighted by Gasteiger charge is -2.40. The van der Waals surface area contributed by atoms with Crippen molar-refractivity contribution in [1.29, 1.82) is 0 Å².